The van der Waals surface area contributed by atoms with Crippen molar-refractivity contribution >= 4 is 27.5 Å². The highest BCUT2D eigenvalue weighted by molar-refractivity contribution is 7.20. The van der Waals surface area contributed by atoms with Gasteiger partial charge in [-0.2, -0.15) is 0 Å². The second kappa shape index (κ2) is 7.25. The first-order valence-corrected chi connectivity index (χ1v) is 9.62. The van der Waals surface area contributed by atoms with E-state index in [4.69, 9.17) is 4.74 Å². The SMILES string of the molecule is CCOC(=O)c1sc2nc(CN3CC(C)CC(C)C3)[nH]c(=O)c2c1C. The summed E-state index contributed by atoms with van der Waals surface area (Å²) in [5, 5.41) is 0.497. The fraction of sp³-hybridized carbons (Fsp3) is 0.611. The Hall–Kier alpha value is -1.73. The molecule has 1 aliphatic heterocycles. The van der Waals surface area contributed by atoms with Gasteiger partial charge in [0.25, 0.3) is 5.56 Å². The summed E-state index contributed by atoms with van der Waals surface area (Å²) in [6.07, 6.45) is 1.24. The predicted molar refractivity (Wildman–Crippen MR) is 99.2 cm³/mol. The molecule has 25 heavy (non-hydrogen) atoms. The molecule has 0 aromatic carbocycles. The van der Waals surface area contributed by atoms with E-state index in [-0.39, 0.29) is 11.5 Å². The summed E-state index contributed by atoms with van der Waals surface area (Å²) in [5.74, 6) is 1.58. The Labute approximate surface area is 151 Å². The monoisotopic (exact) mass is 363 g/mol. The molecule has 0 radical (unpaired) electrons. The number of hydrogen-bond acceptors (Lipinski definition) is 6. The Morgan fingerprint density at radius 1 is 1.36 bits per heavy atom. The van der Waals surface area contributed by atoms with Gasteiger partial charge in [0.05, 0.1) is 18.5 Å². The van der Waals surface area contributed by atoms with Gasteiger partial charge in [-0.25, -0.2) is 9.78 Å². The largest absolute Gasteiger partial charge is 0.462 e. The van der Waals surface area contributed by atoms with Crippen LogP contribution in [-0.4, -0.2) is 40.5 Å². The molecule has 3 rings (SSSR count). The van der Waals surface area contributed by atoms with Crippen LogP contribution in [0.1, 0.15) is 48.3 Å². The minimum absolute atomic E-state index is 0.178. The molecule has 0 spiro atoms. The molecule has 0 aliphatic carbocycles. The van der Waals surface area contributed by atoms with Crippen molar-refractivity contribution in [3.05, 3.63) is 26.6 Å². The summed E-state index contributed by atoms with van der Waals surface area (Å²) in [6, 6.07) is 0. The van der Waals surface area contributed by atoms with Crippen molar-refractivity contribution in [3.63, 3.8) is 0 Å². The zero-order valence-electron chi connectivity index (χ0n) is 15.2. The summed E-state index contributed by atoms with van der Waals surface area (Å²) in [4.78, 5) is 35.5. The smallest absolute Gasteiger partial charge is 0.348 e. The number of fused-ring (bicyclic) bond motifs is 1. The Balaban J connectivity index is 1.91. The number of thiophene rings is 1. The van der Waals surface area contributed by atoms with Crippen LogP contribution >= 0.6 is 11.3 Å². The van der Waals surface area contributed by atoms with Gasteiger partial charge in [-0.3, -0.25) is 9.69 Å². The van der Waals surface area contributed by atoms with Gasteiger partial charge in [0.15, 0.2) is 0 Å². The maximum atomic E-state index is 12.5. The fourth-order valence-corrected chi connectivity index (χ4v) is 4.88. The second-order valence-corrected chi connectivity index (χ2v) is 8.11. The van der Waals surface area contributed by atoms with Crippen LogP contribution in [-0.2, 0) is 11.3 Å². The third-order valence-electron chi connectivity index (χ3n) is 4.63. The maximum absolute atomic E-state index is 12.5. The maximum Gasteiger partial charge on any atom is 0.348 e. The Morgan fingerprint density at radius 3 is 2.68 bits per heavy atom. The molecule has 0 amide bonds. The number of aryl methyl sites for hydroxylation is 1. The topological polar surface area (TPSA) is 75.3 Å². The fourth-order valence-electron chi connectivity index (χ4n) is 3.79. The highest BCUT2D eigenvalue weighted by atomic mass is 32.1. The number of hydrogen-bond donors (Lipinski definition) is 1. The summed E-state index contributed by atoms with van der Waals surface area (Å²) < 4.78 is 5.08. The van der Waals surface area contributed by atoms with Crippen molar-refractivity contribution in [3.8, 4) is 0 Å². The van der Waals surface area contributed by atoms with Gasteiger partial charge < -0.3 is 9.72 Å². The first-order valence-electron chi connectivity index (χ1n) is 8.80. The van der Waals surface area contributed by atoms with Gasteiger partial charge in [-0.1, -0.05) is 13.8 Å². The summed E-state index contributed by atoms with van der Waals surface area (Å²) in [6.45, 7) is 11.0. The molecule has 2 unspecified atom stereocenters. The molecule has 6 nitrogen and oxygen atoms in total. The van der Waals surface area contributed by atoms with E-state index in [1.54, 1.807) is 13.8 Å². The van der Waals surface area contributed by atoms with Gasteiger partial charge in [0, 0.05) is 13.1 Å². The van der Waals surface area contributed by atoms with Crippen molar-refractivity contribution in [1.82, 2.24) is 14.9 Å². The van der Waals surface area contributed by atoms with E-state index in [0.717, 1.165) is 13.1 Å². The first kappa shape index (κ1) is 18.1. The van der Waals surface area contributed by atoms with E-state index < -0.39 is 0 Å². The average molecular weight is 363 g/mol. The highest BCUT2D eigenvalue weighted by Gasteiger charge is 2.24. The number of nitrogens with one attached hydrogen (secondary N) is 1. The van der Waals surface area contributed by atoms with E-state index in [1.807, 2.05) is 0 Å². The van der Waals surface area contributed by atoms with Crippen LogP contribution in [0.5, 0.6) is 0 Å². The number of nitrogens with zero attached hydrogens (tertiary/aromatic N) is 2. The van der Waals surface area contributed by atoms with E-state index in [0.29, 0.717) is 51.5 Å². The number of likely N-dealkylation sites (tertiary alicyclic amines) is 1. The molecule has 3 heterocycles. The van der Waals surface area contributed by atoms with Gasteiger partial charge in [0.1, 0.15) is 15.5 Å². The van der Waals surface area contributed by atoms with Crippen molar-refractivity contribution in [2.75, 3.05) is 19.7 Å². The quantitative estimate of drug-likeness (QED) is 0.845. The molecule has 1 N–H and O–H groups in total. The van der Waals surface area contributed by atoms with Gasteiger partial charge in [-0.05, 0) is 37.7 Å². The van der Waals surface area contributed by atoms with Crippen LogP contribution < -0.4 is 5.56 Å². The lowest BCUT2D eigenvalue weighted by molar-refractivity contribution is 0.0531. The Kier molecular flexibility index (Phi) is 5.24. The van der Waals surface area contributed by atoms with E-state index in [2.05, 4.69) is 28.7 Å². The van der Waals surface area contributed by atoms with Gasteiger partial charge >= 0.3 is 5.97 Å². The molecule has 0 saturated carbocycles. The van der Waals surface area contributed by atoms with E-state index in [1.165, 1.54) is 17.8 Å². The molecule has 1 fully saturated rings. The van der Waals surface area contributed by atoms with E-state index >= 15 is 0 Å². The standard InChI is InChI=1S/C18H25N3O3S/c1-5-24-18(23)15-12(4)14-16(22)19-13(20-17(14)25-15)9-21-7-10(2)6-11(3)8-21/h10-11H,5-9H2,1-4H3,(H,19,20,22). The number of rotatable bonds is 4. The number of H-pyrrole nitrogens is 1. The zero-order valence-corrected chi connectivity index (χ0v) is 16.0. The molecule has 2 aromatic rings. The van der Waals surface area contributed by atoms with Crippen molar-refractivity contribution < 1.29 is 9.53 Å². The molecular weight excluding hydrogens is 338 g/mol. The lowest BCUT2D eigenvalue weighted by atomic mass is 9.92. The van der Waals surface area contributed by atoms with Gasteiger partial charge in [-0.15, -0.1) is 11.3 Å². The molecule has 136 valence electrons. The minimum atomic E-state index is -0.386. The Bertz CT molecular complexity index is 832. The first-order chi connectivity index (χ1) is 11.9. The molecule has 2 atom stereocenters. The summed E-state index contributed by atoms with van der Waals surface area (Å²) in [5.41, 5.74) is 0.473. The predicted octanol–water partition coefficient (Wildman–Crippen LogP) is 2.95. The Morgan fingerprint density at radius 2 is 2.04 bits per heavy atom. The molecule has 0 bridgehead atoms. The van der Waals surface area contributed by atoms with Crippen molar-refractivity contribution in [2.24, 2.45) is 11.8 Å². The summed E-state index contributed by atoms with van der Waals surface area (Å²) in [7, 11) is 0. The third-order valence-corrected chi connectivity index (χ3v) is 5.79. The van der Waals surface area contributed by atoms with Crippen molar-refractivity contribution in [2.45, 2.75) is 40.7 Å². The number of esters is 1. The number of ether oxygens (including phenoxy) is 1. The number of carbonyl (C=O) groups excluding carboxylic acids is 1. The second-order valence-electron chi connectivity index (χ2n) is 7.11. The number of aromatic amines is 1. The minimum Gasteiger partial charge on any atom is -0.462 e. The van der Waals surface area contributed by atoms with Crippen molar-refractivity contribution in [1.29, 1.82) is 0 Å². The van der Waals surface area contributed by atoms with Crippen LogP contribution in [0.4, 0.5) is 0 Å². The zero-order chi connectivity index (χ0) is 18.1. The normalized spacial score (nSPS) is 21.6. The van der Waals surface area contributed by atoms with Crippen LogP contribution in [0.15, 0.2) is 4.79 Å². The van der Waals surface area contributed by atoms with Crippen LogP contribution in [0.3, 0.4) is 0 Å². The molecule has 7 heteroatoms. The molecular formula is C18H25N3O3S. The summed E-state index contributed by atoms with van der Waals surface area (Å²) >= 11 is 1.24. The van der Waals surface area contributed by atoms with E-state index in [9.17, 15) is 9.59 Å². The van der Waals surface area contributed by atoms with Crippen LogP contribution in [0.2, 0.25) is 0 Å². The van der Waals surface area contributed by atoms with Gasteiger partial charge in [0.2, 0.25) is 0 Å². The number of piperidine rings is 1. The average Bonchev–Trinajstić information content (AvgIpc) is 2.83. The molecule has 1 aliphatic rings. The number of aromatic nitrogens is 2. The lowest BCUT2D eigenvalue weighted by Crippen LogP contribution is -2.38. The highest BCUT2D eigenvalue weighted by Crippen LogP contribution is 2.28. The lowest BCUT2D eigenvalue weighted by Gasteiger charge is -2.34. The third kappa shape index (κ3) is 3.77. The van der Waals surface area contributed by atoms with Crippen LogP contribution in [0, 0.1) is 18.8 Å². The molecule has 1 saturated heterocycles. The number of carbonyl (C=O) groups is 1. The molecule has 2 aromatic heterocycles. The van der Waals surface area contributed by atoms with Crippen LogP contribution in [0.25, 0.3) is 10.2 Å².